The molecular formula is C55H45N3. The number of hydrogen-bond donors (Lipinski definition) is 1. The minimum atomic E-state index is -0.242. The third kappa shape index (κ3) is 5.26. The molecule has 0 aromatic heterocycles. The van der Waals surface area contributed by atoms with Crippen molar-refractivity contribution in [3.05, 3.63) is 208 Å². The largest absolute Gasteiger partial charge is 0.344 e. The van der Waals surface area contributed by atoms with Crippen molar-refractivity contribution >= 4 is 28.0 Å². The summed E-state index contributed by atoms with van der Waals surface area (Å²) < 4.78 is 0. The van der Waals surface area contributed by atoms with Gasteiger partial charge in [0.1, 0.15) is 12.0 Å². The van der Waals surface area contributed by atoms with E-state index in [-0.39, 0.29) is 17.0 Å². The molecule has 11 rings (SSSR count). The van der Waals surface area contributed by atoms with Crippen LogP contribution in [-0.2, 0) is 10.8 Å². The van der Waals surface area contributed by atoms with Gasteiger partial charge in [-0.05, 0) is 102 Å². The zero-order valence-corrected chi connectivity index (χ0v) is 33.5. The SMILES string of the molecule is CC1(C)C2=C(CCC=C2)c2cccc(-c3ccc(-c4ccc5c6c(cccc46)C(C)(C)c4cc(C6=NC(c7ccccc7)=NC(c7ccccc7)N6)ccc4-5)cc3)c21. The van der Waals surface area contributed by atoms with Gasteiger partial charge < -0.3 is 5.32 Å². The average molecular weight is 748 g/mol. The first-order valence-electron chi connectivity index (χ1n) is 20.7. The lowest BCUT2D eigenvalue weighted by atomic mass is 9.67. The molecule has 0 bridgehead atoms. The van der Waals surface area contributed by atoms with Crippen LogP contribution >= 0.6 is 0 Å². The van der Waals surface area contributed by atoms with E-state index in [0.29, 0.717) is 0 Å². The molecule has 7 aromatic carbocycles. The van der Waals surface area contributed by atoms with Crippen LogP contribution < -0.4 is 5.32 Å². The molecule has 4 aliphatic rings. The van der Waals surface area contributed by atoms with Crippen molar-refractivity contribution in [1.82, 2.24) is 5.32 Å². The minimum absolute atomic E-state index is 0.0127. The maximum Gasteiger partial charge on any atom is 0.159 e. The molecule has 1 heterocycles. The van der Waals surface area contributed by atoms with Crippen LogP contribution in [0.4, 0.5) is 0 Å². The molecule has 280 valence electrons. The molecule has 3 heteroatoms. The van der Waals surface area contributed by atoms with Crippen LogP contribution in [0.2, 0.25) is 0 Å². The zero-order valence-electron chi connectivity index (χ0n) is 33.5. The smallest absolute Gasteiger partial charge is 0.159 e. The van der Waals surface area contributed by atoms with E-state index < -0.39 is 0 Å². The molecule has 0 fully saturated rings. The summed E-state index contributed by atoms with van der Waals surface area (Å²) in [5.41, 5.74) is 19.2. The second kappa shape index (κ2) is 13.0. The fourth-order valence-electron chi connectivity index (χ4n) is 10.3. The van der Waals surface area contributed by atoms with E-state index in [0.717, 1.165) is 41.2 Å². The molecule has 0 radical (unpaired) electrons. The molecule has 0 spiro atoms. The highest BCUT2D eigenvalue weighted by Crippen LogP contribution is 2.54. The first-order chi connectivity index (χ1) is 28.3. The molecule has 0 saturated carbocycles. The van der Waals surface area contributed by atoms with Crippen molar-refractivity contribution in [1.29, 1.82) is 0 Å². The van der Waals surface area contributed by atoms with E-state index in [4.69, 9.17) is 9.98 Å². The van der Waals surface area contributed by atoms with E-state index in [1.165, 1.54) is 77.6 Å². The lowest BCUT2D eigenvalue weighted by Gasteiger charge is -2.36. The minimum Gasteiger partial charge on any atom is -0.344 e. The Labute approximate surface area is 341 Å². The van der Waals surface area contributed by atoms with Gasteiger partial charge in [0, 0.05) is 22.0 Å². The number of aliphatic imine (C=N–C) groups is 2. The number of allylic oxidation sites excluding steroid dienone is 4. The number of amidine groups is 2. The second-order valence-electron chi connectivity index (χ2n) is 17.3. The number of fused-ring (bicyclic) bond motifs is 4. The van der Waals surface area contributed by atoms with Crippen LogP contribution in [0.3, 0.4) is 0 Å². The van der Waals surface area contributed by atoms with Crippen LogP contribution in [0.15, 0.2) is 179 Å². The predicted octanol–water partition coefficient (Wildman–Crippen LogP) is 13.4. The Morgan fingerprint density at radius 2 is 1.22 bits per heavy atom. The summed E-state index contributed by atoms with van der Waals surface area (Å²) in [6.07, 6.45) is 6.74. The Morgan fingerprint density at radius 1 is 0.552 bits per heavy atom. The maximum absolute atomic E-state index is 5.14. The number of nitrogens with one attached hydrogen (secondary N) is 1. The van der Waals surface area contributed by atoms with Crippen LogP contribution in [0.1, 0.15) is 85.6 Å². The van der Waals surface area contributed by atoms with Gasteiger partial charge in [0.05, 0.1) is 0 Å². The summed E-state index contributed by atoms with van der Waals surface area (Å²) in [6, 6.07) is 55.4. The van der Waals surface area contributed by atoms with E-state index in [1.54, 1.807) is 0 Å². The third-order valence-corrected chi connectivity index (χ3v) is 13.2. The summed E-state index contributed by atoms with van der Waals surface area (Å²) in [6.45, 7) is 9.54. The highest BCUT2D eigenvalue weighted by Gasteiger charge is 2.39. The molecule has 0 amide bonds. The van der Waals surface area contributed by atoms with Gasteiger partial charge in [-0.25, -0.2) is 9.98 Å². The number of nitrogens with zero attached hydrogens (tertiary/aromatic N) is 2. The average Bonchev–Trinajstić information content (AvgIpc) is 3.51. The van der Waals surface area contributed by atoms with Gasteiger partial charge in [-0.1, -0.05) is 185 Å². The van der Waals surface area contributed by atoms with Gasteiger partial charge in [-0.3, -0.25) is 0 Å². The zero-order chi connectivity index (χ0) is 39.2. The molecular weight excluding hydrogens is 703 g/mol. The summed E-state index contributed by atoms with van der Waals surface area (Å²) in [4.78, 5) is 10.2. The highest BCUT2D eigenvalue weighted by molar-refractivity contribution is 6.14. The van der Waals surface area contributed by atoms with Gasteiger partial charge in [0.15, 0.2) is 5.84 Å². The van der Waals surface area contributed by atoms with Crippen LogP contribution in [0.25, 0.3) is 49.7 Å². The van der Waals surface area contributed by atoms with Crippen LogP contribution in [-0.4, -0.2) is 11.7 Å². The van der Waals surface area contributed by atoms with Gasteiger partial charge in [0.2, 0.25) is 0 Å². The quantitative estimate of drug-likeness (QED) is 0.187. The van der Waals surface area contributed by atoms with Crippen molar-refractivity contribution < 1.29 is 0 Å². The summed E-state index contributed by atoms with van der Waals surface area (Å²) >= 11 is 0. The summed E-state index contributed by atoms with van der Waals surface area (Å²) in [5.74, 6) is 1.57. The first kappa shape index (κ1) is 34.7. The van der Waals surface area contributed by atoms with Gasteiger partial charge in [-0.2, -0.15) is 0 Å². The molecule has 58 heavy (non-hydrogen) atoms. The monoisotopic (exact) mass is 747 g/mol. The Hall–Kier alpha value is -6.58. The third-order valence-electron chi connectivity index (χ3n) is 13.2. The van der Waals surface area contributed by atoms with Crippen LogP contribution in [0, 0.1) is 0 Å². The standard InChI is InChI=1S/C55H45N3/c1-54(2)47-24-14-21-43-39(34-25-27-35(28-26-34)40-20-13-22-45-41-19-11-12-23-46(41)55(3,4)50(40)45)31-32-44(49(43)47)42-30-29-38(33-48(42)54)53-57-51(36-15-7-5-8-16-36)56-52(58-53)37-17-9-6-10-18-37/h5-10,12-18,20-33,51H,11,19H2,1-4H3,(H,56,57,58). The lowest BCUT2D eigenvalue weighted by Crippen LogP contribution is -2.34. The first-order valence-corrected chi connectivity index (χ1v) is 20.7. The Kier molecular flexibility index (Phi) is 7.75. The van der Waals surface area contributed by atoms with Crippen molar-refractivity contribution in [2.45, 2.75) is 57.5 Å². The topological polar surface area (TPSA) is 36.8 Å². The van der Waals surface area contributed by atoms with Crippen molar-refractivity contribution in [3.8, 4) is 33.4 Å². The second-order valence-corrected chi connectivity index (χ2v) is 17.3. The number of hydrogen-bond acceptors (Lipinski definition) is 3. The Bertz CT molecular complexity index is 2940. The van der Waals surface area contributed by atoms with Crippen molar-refractivity contribution in [3.63, 3.8) is 0 Å². The highest BCUT2D eigenvalue weighted by atomic mass is 15.2. The molecule has 1 aliphatic heterocycles. The number of rotatable bonds is 5. The fraction of sp³-hybridized carbons (Fsp3) is 0.164. The predicted molar refractivity (Wildman–Crippen MR) is 243 cm³/mol. The fourth-order valence-corrected chi connectivity index (χ4v) is 10.3. The van der Waals surface area contributed by atoms with Gasteiger partial charge in [0.25, 0.3) is 0 Å². The lowest BCUT2D eigenvalue weighted by molar-refractivity contribution is 0.644. The summed E-state index contributed by atoms with van der Waals surface area (Å²) in [7, 11) is 0. The van der Waals surface area contributed by atoms with E-state index in [2.05, 4.69) is 173 Å². The van der Waals surface area contributed by atoms with Crippen LogP contribution in [0.5, 0.6) is 0 Å². The normalized spacial score (nSPS) is 18.2. The van der Waals surface area contributed by atoms with Crippen molar-refractivity contribution in [2.24, 2.45) is 9.98 Å². The molecule has 7 aromatic rings. The van der Waals surface area contributed by atoms with E-state index >= 15 is 0 Å². The van der Waals surface area contributed by atoms with Crippen molar-refractivity contribution in [2.75, 3.05) is 0 Å². The summed E-state index contributed by atoms with van der Waals surface area (Å²) in [5, 5.41) is 6.32. The molecule has 1 unspecified atom stereocenters. The Balaban J connectivity index is 0.974. The molecule has 1 N–H and O–H groups in total. The molecule has 0 saturated heterocycles. The molecule has 3 aliphatic carbocycles. The number of benzene rings is 7. The van der Waals surface area contributed by atoms with E-state index in [9.17, 15) is 0 Å². The Morgan fingerprint density at radius 3 is 2.02 bits per heavy atom. The van der Waals surface area contributed by atoms with E-state index in [1.807, 2.05) is 24.3 Å². The molecule has 3 nitrogen and oxygen atoms in total. The van der Waals surface area contributed by atoms with Gasteiger partial charge >= 0.3 is 0 Å². The maximum atomic E-state index is 5.14. The molecule has 1 atom stereocenters. The van der Waals surface area contributed by atoms with Gasteiger partial charge in [-0.15, -0.1) is 0 Å².